The molecule has 32 heavy (non-hydrogen) atoms. The molecule has 0 saturated heterocycles. The van der Waals surface area contributed by atoms with Crippen molar-refractivity contribution in [3.63, 3.8) is 0 Å². The molecular formula is C21H18ClN3O6S. The maximum atomic E-state index is 12.8. The number of nitro benzene ring substituents is 1. The molecule has 0 heterocycles. The van der Waals surface area contributed by atoms with E-state index >= 15 is 0 Å². The SMILES string of the molecule is Cc1ccc(NC(=O)COc2cccc([N+](=O)[O-])c2)cc1S(=O)(=O)Nc1cccc(Cl)c1. The highest BCUT2D eigenvalue weighted by molar-refractivity contribution is 7.92. The molecule has 0 aromatic heterocycles. The smallest absolute Gasteiger partial charge is 0.273 e. The summed E-state index contributed by atoms with van der Waals surface area (Å²) in [4.78, 5) is 22.5. The van der Waals surface area contributed by atoms with Gasteiger partial charge < -0.3 is 10.1 Å². The number of nitrogens with zero attached hydrogens (tertiary/aromatic N) is 1. The highest BCUT2D eigenvalue weighted by atomic mass is 35.5. The van der Waals surface area contributed by atoms with Crippen molar-refractivity contribution in [3.05, 3.63) is 87.4 Å². The lowest BCUT2D eigenvalue weighted by Gasteiger charge is -2.13. The summed E-state index contributed by atoms with van der Waals surface area (Å²) in [7, 11) is -3.94. The van der Waals surface area contributed by atoms with E-state index in [1.165, 1.54) is 36.4 Å². The van der Waals surface area contributed by atoms with E-state index in [0.29, 0.717) is 16.3 Å². The van der Waals surface area contributed by atoms with Gasteiger partial charge in [-0.1, -0.05) is 29.8 Å². The average Bonchev–Trinajstić information content (AvgIpc) is 2.73. The quantitative estimate of drug-likeness (QED) is 0.367. The molecule has 0 saturated carbocycles. The Labute approximate surface area is 189 Å². The Kier molecular flexibility index (Phi) is 6.96. The largest absolute Gasteiger partial charge is 0.484 e. The fraction of sp³-hybridized carbons (Fsp3) is 0.0952. The minimum Gasteiger partial charge on any atom is -0.484 e. The zero-order chi connectivity index (χ0) is 23.3. The van der Waals surface area contributed by atoms with E-state index in [-0.39, 0.29) is 22.0 Å². The Morgan fingerprint density at radius 1 is 1.06 bits per heavy atom. The zero-order valence-electron chi connectivity index (χ0n) is 16.7. The first kappa shape index (κ1) is 23.0. The molecule has 9 nitrogen and oxygen atoms in total. The highest BCUT2D eigenvalue weighted by Crippen LogP contribution is 2.24. The lowest BCUT2D eigenvalue weighted by atomic mass is 10.2. The zero-order valence-corrected chi connectivity index (χ0v) is 18.3. The van der Waals surface area contributed by atoms with Gasteiger partial charge in [-0.15, -0.1) is 0 Å². The van der Waals surface area contributed by atoms with Gasteiger partial charge >= 0.3 is 0 Å². The number of ether oxygens (including phenoxy) is 1. The summed E-state index contributed by atoms with van der Waals surface area (Å²) in [6.45, 7) is 1.21. The molecule has 0 spiro atoms. The van der Waals surface area contributed by atoms with Crippen molar-refractivity contribution in [2.45, 2.75) is 11.8 Å². The predicted molar refractivity (Wildman–Crippen MR) is 121 cm³/mol. The van der Waals surface area contributed by atoms with Crippen molar-refractivity contribution < 1.29 is 22.9 Å². The third kappa shape index (κ3) is 5.96. The third-order valence-corrected chi connectivity index (χ3v) is 6.00. The second-order valence-corrected chi connectivity index (χ2v) is 8.77. The van der Waals surface area contributed by atoms with Crippen molar-refractivity contribution in [2.24, 2.45) is 0 Å². The Morgan fingerprint density at radius 2 is 1.81 bits per heavy atom. The highest BCUT2D eigenvalue weighted by Gasteiger charge is 2.18. The van der Waals surface area contributed by atoms with Gasteiger partial charge in [-0.3, -0.25) is 19.6 Å². The molecule has 3 aromatic rings. The van der Waals surface area contributed by atoms with E-state index in [1.807, 2.05) is 0 Å². The fourth-order valence-electron chi connectivity index (χ4n) is 2.76. The van der Waals surface area contributed by atoms with Crippen LogP contribution >= 0.6 is 11.6 Å². The molecule has 0 radical (unpaired) electrons. The van der Waals surface area contributed by atoms with E-state index in [1.54, 1.807) is 37.3 Å². The number of hydrogen-bond donors (Lipinski definition) is 2. The molecule has 0 aliphatic heterocycles. The summed E-state index contributed by atoms with van der Waals surface area (Å²) in [5.41, 5.74) is 0.861. The van der Waals surface area contributed by atoms with E-state index in [4.69, 9.17) is 16.3 Å². The topological polar surface area (TPSA) is 128 Å². The van der Waals surface area contributed by atoms with Gasteiger partial charge in [0.2, 0.25) is 0 Å². The number of nitro groups is 1. The predicted octanol–water partition coefficient (Wildman–Crippen LogP) is 4.37. The van der Waals surface area contributed by atoms with Crippen LogP contribution in [0, 0.1) is 17.0 Å². The monoisotopic (exact) mass is 475 g/mol. The summed E-state index contributed by atoms with van der Waals surface area (Å²) >= 11 is 5.90. The van der Waals surface area contributed by atoms with E-state index < -0.39 is 27.5 Å². The summed E-state index contributed by atoms with van der Waals surface area (Å²) in [6.07, 6.45) is 0. The number of aryl methyl sites for hydroxylation is 1. The van der Waals surface area contributed by atoms with Crippen LogP contribution in [0.3, 0.4) is 0 Å². The summed E-state index contributed by atoms with van der Waals surface area (Å²) < 4.78 is 33.4. The minimum atomic E-state index is -3.94. The van der Waals surface area contributed by atoms with Crippen LogP contribution in [0.15, 0.2) is 71.6 Å². The number of sulfonamides is 1. The molecule has 11 heteroatoms. The molecule has 0 aliphatic rings. The number of anilines is 2. The number of benzene rings is 3. The van der Waals surface area contributed by atoms with Crippen LogP contribution in [0.4, 0.5) is 17.1 Å². The molecule has 1 amide bonds. The van der Waals surface area contributed by atoms with Crippen LogP contribution in [-0.4, -0.2) is 25.9 Å². The molecule has 0 aliphatic carbocycles. The van der Waals surface area contributed by atoms with Crippen LogP contribution in [0.2, 0.25) is 5.02 Å². The number of halogens is 1. The van der Waals surface area contributed by atoms with Gasteiger partial charge in [0.15, 0.2) is 6.61 Å². The average molecular weight is 476 g/mol. The van der Waals surface area contributed by atoms with E-state index in [2.05, 4.69) is 10.0 Å². The van der Waals surface area contributed by atoms with Gasteiger partial charge in [-0.05, 0) is 48.9 Å². The van der Waals surface area contributed by atoms with Crippen molar-refractivity contribution in [2.75, 3.05) is 16.6 Å². The first-order chi connectivity index (χ1) is 15.1. The standard InChI is InChI=1S/C21H18ClN3O6S/c1-14-8-9-16(11-20(14)32(29,30)24-17-5-2-4-15(22)10-17)23-21(26)13-31-19-7-3-6-18(12-19)25(27)28/h2-12,24H,13H2,1H3,(H,23,26). The van der Waals surface area contributed by atoms with Gasteiger partial charge in [0.1, 0.15) is 5.75 Å². The Balaban J connectivity index is 1.70. The molecule has 0 bridgehead atoms. The fourth-order valence-corrected chi connectivity index (χ4v) is 4.27. The minimum absolute atomic E-state index is 0.0186. The normalized spacial score (nSPS) is 10.9. The van der Waals surface area contributed by atoms with Gasteiger partial charge in [0.05, 0.1) is 21.6 Å². The maximum absolute atomic E-state index is 12.8. The van der Waals surface area contributed by atoms with E-state index in [9.17, 15) is 23.3 Å². The number of hydrogen-bond acceptors (Lipinski definition) is 6. The van der Waals surface area contributed by atoms with Crippen LogP contribution in [0.5, 0.6) is 5.75 Å². The van der Waals surface area contributed by atoms with Crippen LogP contribution in [-0.2, 0) is 14.8 Å². The number of nitrogens with one attached hydrogen (secondary N) is 2. The summed E-state index contributed by atoms with van der Waals surface area (Å²) in [5.74, 6) is -0.404. The number of carbonyl (C=O) groups excluding carboxylic acids is 1. The lowest BCUT2D eigenvalue weighted by Crippen LogP contribution is -2.21. The second-order valence-electron chi connectivity index (χ2n) is 6.69. The van der Waals surface area contributed by atoms with Crippen molar-refractivity contribution in [3.8, 4) is 5.75 Å². The van der Waals surface area contributed by atoms with E-state index in [0.717, 1.165) is 0 Å². The Morgan fingerprint density at radius 3 is 2.53 bits per heavy atom. The van der Waals surface area contributed by atoms with Crippen molar-refractivity contribution in [1.29, 1.82) is 0 Å². The molecular weight excluding hydrogens is 458 g/mol. The van der Waals surface area contributed by atoms with Crippen molar-refractivity contribution in [1.82, 2.24) is 0 Å². The maximum Gasteiger partial charge on any atom is 0.273 e. The van der Waals surface area contributed by atoms with Gasteiger partial charge in [0.25, 0.3) is 21.6 Å². The van der Waals surface area contributed by atoms with Gasteiger partial charge in [-0.25, -0.2) is 8.42 Å². The molecule has 0 atom stereocenters. The Bertz CT molecular complexity index is 1280. The third-order valence-electron chi connectivity index (χ3n) is 4.24. The number of amides is 1. The molecule has 0 unspecified atom stereocenters. The molecule has 0 fully saturated rings. The van der Waals surface area contributed by atoms with Crippen LogP contribution in [0.25, 0.3) is 0 Å². The molecule has 166 valence electrons. The molecule has 3 aromatic carbocycles. The molecule has 2 N–H and O–H groups in total. The first-order valence-electron chi connectivity index (χ1n) is 9.20. The number of non-ortho nitro benzene ring substituents is 1. The van der Waals surface area contributed by atoms with Crippen LogP contribution in [0.1, 0.15) is 5.56 Å². The number of rotatable bonds is 8. The van der Waals surface area contributed by atoms with Gasteiger partial charge in [-0.2, -0.15) is 0 Å². The van der Waals surface area contributed by atoms with Crippen molar-refractivity contribution >= 4 is 44.6 Å². The summed E-state index contributed by atoms with van der Waals surface area (Å²) in [6, 6.07) is 16.1. The number of carbonyl (C=O) groups is 1. The Hall–Kier alpha value is -3.63. The molecule has 3 rings (SSSR count). The van der Waals surface area contributed by atoms with Gasteiger partial charge in [0, 0.05) is 16.8 Å². The van der Waals surface area contributed by atoms with Crippen LogP contribution < -0.4 is 14.8 Å². The lowest BCUT2D eigenvalue weighted by molar-refractivity contribution is -0.384. The first-order valence-corrected chi connectivity index (χ1v) is 11.1. The summed E-state index contributed by atoms with van der Waals surface area (Å²) in [5, 5.41) is 13.7. The second kappa shape index (κ2) is 9.67.